The molecule has 0 saturated heterocycles. The summed E-state index contributed by atoms with van der Waals surface area (Å²) in [5.74, 6) is 0.758. The summed E-state index contributed by atoms with van der Waals surface area (Å²) in [7, 11) is 0. The highest BCUT2D eigenvalue weighted by molar-refractivity contribution is 5.98. The minimum atomic E-state index is -0.473. The maximum Gasteiger partial charge on any atom is 0.264 e. The largest absolute Gasteiger partial charge is 0.490 e. The molecule has 0 aromatic heterocycles. The van der Waals surface area contributed by atoms with Crippen molar-refractivity contribution >= 4 is 11.6 Å². The van der Waals surface area contributed by atoms with Crippen LogP contribution < -0.4 is 20.1 Å². The van der Waals surface area contributed by atoms with Gasteiger partial charge in [-0.25, -0.2) is 0 Å². The average molecular weight is 442 g/mol. The molecule has 0 fully saturated rings. The van der Waals surface area contributed by atoms with E-state index in [1.807, 2.05) is 80.6 Å². The highest BCUT2D eigenvalue weighted by Gasteiger charge is 2.19. The van der Waals surface area contributed by atoms with E-state index in [9.17, 15) is 10.1 Å². The van der Waals surface area contributed by atoms with Gasteiger partial charge in [-0.05, 0) is 37.1 Å². The number of carbonyl (C=O) groups excluding carboxylic acids is 1. The fourth-order valence-electron chi connectivity index (χ4n) is 3.30. The number of carbonyl (C=O) groups is 1. The van der Waals surface area contributed by atoms with Gasteiger partial charge in [0.2, 0.25) is 0 Å². The molecule has 3 rings (SSSR count). The van der Waals surface area contributed by atoms with Crippen LogP contribution in [0.15, 0.2) is 90.6 Å². The fourth-order valence-corrected chi connectivity index (χ4v) is 3.30. The van der Waals surface area contributed by atoms with Gasteiger partial charge in [0.15, 0.2) is 11.5 Å². The number of benzene rings is 3. The summed E-state index contributed by atoms with van der Waals surface area (Å²) in [6.45, 7) is 4.81. The molecular formula is C27H27N3O3. The predicted octanol–water partition coefficient (Wildman–Crippen LogP) is 5.21. The number of nitrogens with zero attached hydrogens (tertiary/aromatic N) is 1. The van der Waals surface area contributed by atoms with Crippen LogP contribution in [0.2, 0.25) is 0 Å². The number of nitrogens with one attached hydrogen (secondary N) is 2. The van der Waals surface area contributed by atoms with Crippen LogP contribution in [0.3, 0.4) is 0 Å². The van der Waals surface area contributed by atoms with Gasteiger partial charge in [-0.1, -0.05) is 60.7 Å². The van der Waals surface area contributed by atoms with E-state index >= 15 is 0 Å². The van der Waals surface area contributed by atoms with Gasteiger partial charge in [-0.15, -0.1) is 0 Å². The number of hydrogen-bond acceptors (Lipinski definition) is 5. The van der Waals surface area contributed by atoms with Crippen molar-refractivity contribution in [2.75, 3.05) is 18.5 Å². The zero-order valence-electron chi connectivity index (χ0n) is 18.7. The van der Waals surface area contributed by atoms with Crippen LogP contribution in [-0.2, 0) is 4.79 Å². The molecule has 33 heavy (non-hydrogen) atoms. The van der Waals surface area contributed by atoms with Crippen molar-refractivity contribution in [3.8, 4) is 17.6 Å². The lowest BCUT2D eigenvalue weighted by molar-refractivity contribution is -0.117. The second-order valence-corrected chi connectivity index (χ2v) is 7.07. The van der Waals surface area contributed by atoms with Crippen molar-refractivity contribution in [3.05, 3.63) is 102 Å². The van der Waals surface area contributed by atoms with Gasteiger partial charge in [0.05, 0.1) is 19.3 Å². The van der Waals surface area contributed by atoms with Crippen molar-refractivity contribution in [2.45, 2.75) is 19.9 Å². The van der Waals surface area contributed by atoms with E-state index in [0.717, 1.165) is 11.1 Å². The van der Waals surface area contributed by atoms with Crippen molar-refractivity contribution < 1.29 is 14.3 Å². The lowest BCUT2D eigenvalue weighted by Gasteiger charge is -2.19. The number of hydrogen-bond donors (Lipinski definition) is 2. The molecule has 0 spiro atoms. The standard InChI is InChI=1S/C27H27N3O3/c1-3-32-24-16-15-23(17-25(24)33-4-2)29-19-22(18-28)27(31)30-26(20-11-7-5-8-12-20)21-13-9-6-10-14-21/h5-17,19,26,29H,3-4H2,1-2H3,(H,30,31)/b22-19-. The molecule has 0 bridgehead atoms. The van der Waals surface area contributed by atoms with Gasteiger partial charge in [-0.2, -0.15) is 5.26 Å². The molecule has 0 unspecified atom stereocenters. The van der Waals surface area contributed by atoms with Crippen LogP contribution in [-0.4, -0.2) is 19.1 Å². The maximum absolute atomic E-state index is 13.0. The third-order valence-electron chi connectivity index (χ3n) is 4.83. The Kier molecular flexibility index (Phi) is 8.49. The SMILES string of the molecule is CCOc1ccc(N/C=C(/C#N)C(=O)NC(c2ccccc2)c2ccccc2)cc1OCC. The first-order valence-electron chi connectivity index (χ1n) is 10.8. The molecule has 6 heteroatoms. The smallest absolute Gasteiger partial charge is 0.264 e. The Hall–Kier alpha value is -4.24. The quantitative estimate of drug-likeness (QED) is 0.333. The maximum atomic E-state index is 13.0. The van der Waals surface area contributed by atoms with Gasteiger partial charge in [0, 0.05) is 18.0 Å². The average Bonchev–Trinajstić information content (AvgIpc) is 2.85. The molecular weight excluding hydrogens is 414 g/mol. The van der Waals surface area contributed by atoms with Crippen LogP contribution in [0, 0.1) is 11.3 Å². The Labute approximate surface area is 194 Å². The van der Waals surface area contributed by atoms with E-state index in [0.29, 0.717) is 30.4 Å². The number of ether oxygens (including phenoxy) is 2. The number of rotatable bonds is 10. The van der Waals surface area contributed by atoms with Gasteiger partial charge >= 0.3 is 0 Å². The summed E-state index contributed by atoms with van der Waals surface area (Å²) in [6.07, 6.45) is 1.40. The molecule has 6 nitrogen and oxygen atoms in total. The highest BCUT2D eigenvalue weighted by atomic mass is 16.5. The third-order valence-corrected chi connectivity index (χ3v) is 4.83. The van der Waals surface area contributed by atoms with E-state index in [1.54, 1.807) is 18.2 Å². The molecule has 0 saturated carbocycles. The summed E-state index contributed by atoms with van der Waals surface area (Å²) in [4.78, 5) is 13.0. The van der Waals surface area contributed by atoms with Gasteiger partial charge in [0.1, 0.15) is 11.6 Å². The molecule has 3 aromatic carbocycles. The third kappa shape index (κ3) is 6.37. The molecule has 1 amide bonds. The first-order chi connectivity index (χ1) is 16.2. The van der Waals surface area contributed by atoms with Crippen LogP contribution in [0.5, 0.6) is 11.5 Å². The summed E-state index contributed by atoms with van der Waals surface area (Å²) in [6, 6.07) is 26.3. The summed E-state index contributed by atoms with van der Waals surface area (Å²) in [5, 5.41) is 15.6. The number of anilines is 1. The molecule has 0 aliphatic carbocycles. The lowest BCUT2D eigenvalue weighted by Crippen LogP contribution is -2.30. The highest BCUT2D eigenvalue weighted by Crippen LogP contribution is 2.30. The topological polar surface area (TPSA) is 83.4 Å². The molecule has 0 heterocycles. The molecule has 0 aliphatic rings. The van der Waals surface area contributed by atoms with Gasteiger partial charge < -0.3 is 20.1 Å². The van der Waals surface area contributed by atoms with Crippen molar-refractivity contribution in [1.82, 2.24) is 5.32 Å². The zero-order valence-corrected chi connectivity index (χ0v) is 18.7. The van der Waals surface area contributed by atoms with Crippen LogP contribution in [0.25, 0.3) is 0 Å². The Bertz CT molecular complexity index is 1080. The lowest BCUT2D eigenvalue weighted by atomic mass is 9.98. The molecule has 0 atom stereocenters. The van der Waals surface area contributed by atoms with E-state index in [-0.39, 0.29) is 11.6 Å². The monoisotopic (exact) mass is 441 g/mol. The summed E-state index contributed by atoms with van der Waals surface area (Å²) < 4.78 is 11.2. The van der Waals surface area contributed by atoms with E-state index in [1.165, 1.54) is 6.20 Å². The molecule has 0 radical (unpaired) electrons. The van der Waals surface area contributed by atoms with Crippen molar-refractivity contribution in [2.24, 2.45) is 0 Å². The fraction of sp³-hybridized carbons (Fsp3) is 0.185. The Morgan fingerprint density at radius 3 is 2.03 bits per heavy atom. The predicted molar refractivity (Wildman–Crippen MR) is 129 cm³/mol. The van der Waals surface area contributed by atoms with Crippen LogP contribution in [0.4, 0.5) is 5.69 Å². The van der Waals surface area contributed by atoms with Crippen molar-refractivity contribution in [1.29, 1.82) is 5.26 Å². The van der Waals surface area contributed by atoms with E-state index in [2.05, 4.69) is 10.6 Å². The normalized spacial score (nSPS) is 10.9. The van der Waals surface area contributed by atoms with Gasteiger partial charge in [-0.3, -0.25) is 4.79 Å². The molecule has 168 valence electrons. The molecule has 3 aromatic rings. The Morgan fingerprint density at radius 1 is 0.909 bits per heavy atom. The van der Waals surface area contributed by atoms with Crippen LogP contribution >= 0.6 is 0 Å². The second-order valence-electron chi connectivity index (χ2n) is 7.07. The Balaban J connectivity index is 1.80. The summed E-state index contributed by atoms with van der Waals surface area (Å²) >= 11 is 0. The number of nitriles is 1. The van der Waals surface area contributed by atoms with Gasteiger partial charge in [0.25, 0.3) is 5.91 Å². The minimum absolute atomic E-state index is 0.0429. The molecule has 2 N–H and O–H groups in total. The van der Waals surface area contributed by atoms with E-state index < -0.39 is 5.91 Å². The van der Waals surface area contributed by atoms with Crippen LogP contribution in [0.1, 0.15) is 31.0 Å². The zero-order chi connectivity index (χ0) is 23.5. The second kappa shape index (κ2) is 12.0. The first kappa shape index (κ1) is 23.4. The number of amides is 1. The minimum Gasteiger partial charge on any atom is -0.490 e. The molecule has 0 aliphatic heterocycles. The van der Waals surface area contributed by atoms with E-state index in [4.69, 9.17) is 9.47 Å². The van der Waals surface area contributed by atoms with Crippen molar-refractivity contribution in [3.63, 3.8) is 0 Å². The first-order valence-corrected chi connectivity index (χ1v) is 10.8. The summed E-state index contributed by atoms with van der Waals surface area (Å²) in [5.41, 5.74) is 2.48. The Morgan fingerprint density at radius 2 is 1.48 bits per heavy atom.